The number of carbonyl (C=O) groups excluding carboxylic acids is 2. The molecule has 1 heterocycles. The van der Waals surface area contributed by atoms with Crippen LogP contribution in [-0.4, -0.2) is 27.3 Å². The van der Waals surface area contributed by atoms with Crippen molar-refractivity contribution in [1.82, 2.24) is 15.4 Å². The van der Waals surface area contributed by atoms with Crippen LogP contribution < -0.4 is 5.73 Å². The third kappa shape index (κ3) is 2.94. The molecule has 1 aromatic carbocycles. The summed E-state index contributed by atoms with van der Waals surface area (Å²) in [7, 11) is 0. The van der Waals surface area contributed by atoms with Gasteiger partial charge in [-0.3, -0.25) is 9.59 Å². The fourth-order valence-electron chi connectivity index (χ4n) is 2.71. The summed E-state index contributed by atoms with van der Waals surface area (Å²) in [6, 6.07) is 0. The van der Waals surface area contributed by atoms with Crippen LogP contribution in [0.1, 0.15) is 45.2 Å². The van der Waals surface area contributed by atoms with Crippen molar-refractivity contribution < 1.29 is 14.3 Å². The Hall–Kier alpha value is -2.70. The van der Waals surface area contributed by atoms with Gasteiger partial charge in [-0.2, -0.15) is 15.4 Å². The van der Waals surface area contributed by atoms with Gasteiger partial charge in [-0.25, -0.2) is 0 Å². The first kappa shape index (κ1) is 16.7. The predicted octanol–water partition coefficient (Wildman–Crippen LogP) is 1.87. The summed E-state index contributed by atoms with van der Waals surface area (Å²) < 4.78 is 5.14. The largest absolute Gasteiger partial charge is 0.461 e. The molecule has 0 radical (unpaired) electrons. The van der Waals surface area contributed by atoms with E-state index in [1.807, 2.05) is 27.7 Å². The Bertz CT molecular complexity index is 764. The van der Waals surface area contributed by atoms with E-state index in [9.17, 15) is 9.59 Å². The lowest BCUT2D eigenvalue weighted by molar-refractivity contribution is -0.142. The number of esters is 1. The maximum atomic E-state index is 11.5. The minimum Gasteiger partial charge on any atom is -0.461 e. The van der Waals surface area contributed by atoms with Crippen molar-refractivity contribution in [3.8, 4) is 11.3 Å². The number of nitrogens with one attached hydrogen (secondary N) is 1. The van der Waals surface area contributed by atoms with Gasteiger partial charge in [0.15, 0.2) is 5.69 Å². The van der Waals surface area contributed by atoms with E-state index in [0.29, 0.717) is 5.69 Å². The SMILES string of the molecule is CC(=O)OCc1c(C)c(C)c(-c2n[nH]nc2C(N)=O)c(C)c1C. The van der Waals surface area contributed by atoms with E-state index >= 15 is 0 Å². The minimum absolute atomic E-state index is 0.114. The van der Waals surface area contributed by atoms with Gasteiger partial charge in [-0.15, -0.1) is 0 Å². The van der Waals surface area contributed by atoms with Crippen LogP contribution in [0.2, 0.25) is 0 Å². The molecule has 1 aromatic heterocycles. The molecule has 1 amide bonds. The van der Waals surface area contributed by atoms with Crippen molar-refractivity contribution in [3.05, 3.63) is 33.5 Å². The highest BCUT2D eigenvalue weighted by molar-refractivity contribution is 5.97. The van der Waals surface area contributed by atoms with E-state index in [-0.39, 0.29) is 18.3 Å². The lowest BCUT2D eigenvalue weighted by Gasteiger charge is -2.19. The van der Waals surface area contributed by atoms with Crippen LogP contribution in [0.3, 0.4) is 0 Å². The van der Waals surface area contributed by atoms with E-state index in [2.05, 4.69) is 15.4 Å². The second-order valence-electron chi connectivity index (χ2n) is 5.52. The predicted molar refractivity (Wildman–Crippen MR) is 84.8 cm³/mol. The normalized spacial score (nSPS) is 10.7. The molecule has 23 heavy (non-hydrogen) atoms. The molecule has 0 aliphatic carbocycles. The van der Waals surface area contributed by atoms with Gasteiger partial charge in [0.05, 0.1) is 0 Å². The van der Waals surface area contributed by atoms with Crippen LogP contribution in [0, 0.1) is 27.7 Å². The van der Waals surface area contributed by atoms with Crippen LogP contribution in [0.4, 0.5) is 0 Å². The van der Waals surface area contributed by atoms with Gasteiger partial charge in [0.1, 0.15) is 12.3 Å². The van der Waals surface area contributed by atoms with Crippen molar-refractivity contribution in [2.75, 3.05) is 0 Å². The molecule has 0 bridgehead atoms. The molecule has 2 rings (SSSR count). The third-order valence-electron chi connectivity index (χ3n) is 4.22. The molecule has 0 aliphatic rings. The molecular weight excluding hydrogens is 296 g/mol. The van der Waals surface area contributed by atoms with Gasteiger partial charge in [0, 0.05) is 12.5 Å². The van der Waals surface area contributed by atoms with Gasteiger partial charge in [-0.05, 0) is 55.5 Å². The van der Waals surface area contributed by atoms with Crippen LogP contribution in [-0.2, 0) is 16.1 Å². The van der Waals surface area contributed by atoms with Crippen LogP contribution >= 0.6 is 0 Å². The zero-order chi connectivity index (χ0) is 17.3. The van der Waals surface area contributed by atoms with E-state index < -0.39 is 5.91 Å². The summed E-state index contributed by atoms with van der Waals surface area (Å²) in [5.41, 5.74) is 11.6. The molecule has 0 aliphatic heterocycles. The number of amides is 1. The highest BCUT2D eigenvalue weighted by Gasteiger charge is 2.23. The second-order valence-corrected chi connectivity index (χ2v) is 5.52. The molecule has 0 saturated heterocycles. The zero-order valence-electron chi connectivity index (χ0n) is 13.9. The first-order chi connectivity index (χ1) is 10.8. The standard InChI is InChI=1S/C16H20N4O3/c1-7-9(3)13(14-15(16(17)22)19-20-18-14)10(4)8(2)12(7)6-23-11(5)21/h6H2,1-5H3,(H2,17,22)(H,18,19,20). The number of primary amides is 1. The van der Waals surface area contributed by atoms with Crippen molar-refractivity contribution in [1.29, 1.82) is 0 Å². The number of hydrogen-bond acceptors (Lipinski definition) is 5. The molecule has 7 nitrogen and oxygen atoms in total. The number of rotatable bonds is 4. The quantitative estimate of drug-likeness (QED) is 0.836. The lowest BCUT2D eigenvalue weighted by Crippen LogP contribution is -2.14. The summed E-state index contributed by atoms with van der Waals surface area (Å²) in [6.45, 7) is 9.38. The molecule has 0 saturated carbocycles. The highest BCUT2D eigenvalue weighted by atomic mass is 16.5. The monoisotopic (exact) mass is 316 g/mol. The number of ether oxygens (including phenoxy) is 1. The van der Waals surface area contributed by atoms with Crippen molar-refractivity contribution >= 4 is 11.9 Å². The van der Waals surface area contributed by atoms with Crippen LogP contribution in [0.25, 0.3) is 11.3 Å². The molecule has 0 unspecified atom stereocenters. The summed E-state index contributed by atoms with van der Waals surface area (Å²) in [5.74, 6) is -0.956. The van der Waals surface area contributed by atoms with Gasteiger partial charge in [0.2, 0.25) is 0 Å². The molecule has 0 fully saturated rings. The lowest BCUT2D eigenvalue weighted by atomic mass is 9.87. The summed E-state index contributed by atoms with van der Waals surface area (Å²) in [6.07, 6.45) is 0. The van der Waals surface area contributed by atoms with Crippen LogP contribution in [0.15, 0.2) is 0 Å². The maximum Gasteiger partial charge on any atom is 0.302 e. The molecule has 2 aromatic rings. The Morgan fingerprint density at radius 3 is 2.09 bits per heavy atom. The number of carbonyl (C=O) groups is 2. The highest BCUT2D eigenvalue weighted by Crippen LogP contribution is 2.34. The van der Waals surface area contributed by atoms with Gasteiger partial charge >= 0.3 is 5.97 Å². The first-order valence-electron chi connectivity index (χ1n) is 7.19. The van der Waals surface area contributed by atoms with Crippen LogP contribution in [0.5, 0.6) is 0 Å². The maximum absolute atomic E-state index is 11.5. The number of hydrogen-bond donors (Lipinski definition) is 2. The average molecular weight is 316 g/mol. The summed E-state index contributed by atoms with van der Waals surface area (Å²) >= 11 is 0. The van der Waals surface area contributed by atoms with Gasteiger partial charge in [0.25, 0.3) is 5.91 Å². The average Bonchev–Trinajstić information content (AvgIpc) is 2.94. The molecule has 7 heteroatoms. The molecular formula is C16H20N4O3. The number of nitrogens with zero attached hydrogens (tertiary/aromatic N) is 2. The van der Waals surface area contributed by atoms with E-state index in [1.54, 1.807) is 0 Å². The third-order valence-corrected chi connectivity index (χ3v) is 4.22. The summed E-state index contributed by atoms with van der Waals surface area (Å²) in [5, 5.41) is 10.4. The fourth-order valence-corrected chi connectivity index (χ4v) is 2.71. The first-order valence-corrected chi connectivity index (χ1v) is 7.19. The Morgan fingerprint density at radius 1 is 1.04 bits per heavy atom. The smallest absolute Gasteiger partial charge is 0.302 e. The number of benzene rings is 1. The molecule has 3 N–H and O–H groups in total. The number of aromatic amines is 1. The fraction of sp³-hybridized carbons (Fsp3) is 0.375. The second kappa shape index (κ2) is 6.20. The van der Waals surface area contributed by atoms with Crippen molar-refractivity contribution in [2.24, 2.45) is 5.73 Å². The van der Waals surface area contributed by atoms with Crippen molar-refractivity contribution in [2.45, 2.75) is 41.2 Å². The Balaban J connectivity index is 2.66. The number of nitrogens with two attached hydrogens (primary N) is 1. The zero-order valence-corrected chi connectivity index (χ0v) is 13.9. The topological polar surface area (TPSA) is 111 Å². The Kier molecular flexibility index (Phi) is 4.49. The van der Waals surface area contributed by atoms with E-state index in [4.69, 9.17) is 10.5 Å². The Labute approximate surface area is 134 Å². The molecule has 0 spiro atoms. The summed E-state index contributed by atoms with van der Waals surface area (Å²) in [4.78, 5) is 22.6. The minimum atomic E-state index is -0.633. The molecule has 0 atom stereocenters. The van der Waals surface area contributed by atoms with Crippen molar-refractivity contribution in [3.63, 3.8) is 0 Å². The van der Waals surface area contributed by atoms with E-state index in [0.717, 1.165) is 33.4 Å². The molecule has 122 valence electrons. The van der Waals surface area contributed by atoms with Gasteiger partial charge < -0.3 is 10.5 Å². The Morgan fingerprint density at radius 2 is 1.61 bits per heavy atom. The van der Waals surface area contributed by atoms with E-state index in [1.165, 1.54) is 6.92 Å². The number of H-pyrrole nitrogens is 1. The number of aromatic nitrogens is 3. The van der Waals surface area contributed by atoms with Gasteiger partial charge in [-0.1, -0.05) is 0 Å².